The van der Waals surface area contributed by atoms with Crippen LogP contribution in [0.4, 0.5) is 5.69 Å². The second-order valence-corrected chi connectivity index (χ2v) is 4.64. The van der Waals surface area contributed by atoms with Crippen molar-refractivity contribution in [1.29, 1.82) is 0 Å². The molecule has 2 heterocycles. The fourth-order valence-electron chi connectivity index (χ4n) is 1.86. The third kappa shape index (κ3) is 3.89. The molecule has 0 aliphatic rings. The van der Waals surface area contributed by atoms with Gasteiger partial charge in [0.1, 0.15) is 0 Å². The lowest BCUT2D eigenvalue weighted by molar-refractivity contribution is 0.637. The molecule has 2 aromatic rings. The summed E-state index contributed by atoms with van der Waals surface area (Å²) in [7, 11) is 1.88. The predicted octanol–water partition coefficient (Wildman–Crippen LogP) is 0.626. The Bertz CT molecular complexity index is 623. The van der Waals surface area contributed by atoms with E-state index in [1.807, 2.05) is 20.0 Å². The van der Waals surface area contributed by atoms with E-state index in [9.17, 15) is 4.79 Å². The molecule has 0 aromatic carbocycles. The van der Waals surface area contributed by atoms with Crippen molar-refractivity contribution in [1.82, 2.24) is 20.1 Å². The molecule has 106 valence electrons. The Morgan fingerprint density at radius 1 is 1.20 bits per heavy atom. The predicted molar refractivity (Wildman–Crippen MR) is 79.0 cm³/mol. The molecule has 6 nitrogen and oxygen atoms in total. The number of hydrogen-bond donors (Lipinski definition) is 2. The summed E-state index contributed by atoms with van der Waals surface area (Å²) in [4.78, 5) is 16.1. The zero-order valence-electron chi connectivity index (χ0n) is 11.8. The van der Waals surface area contributed by atoms with Crippen LogP contribution in [0.2, 0.25) is 0 Å². The number of aromatic nitrogens is 3. The Balaban J connectivity index is 2.08. The Labute approximate surface area is 117 Å². The molecule has 2 rings (SSSR count). The largest absolute Gasteiger partial charge is 0.382 e. The summed E-state index contributed by atoms with van der Waals surface area (Å²) in [6, 6.07) is 3.56. The van der Waals surface area contributed by atoms with Gasteiger partial charge in [0, 0.05) is 31.5 Å². The highest BCUT2D eigenvalue weighted by Gasteiger charge is 2.02. The topological polar surface area (TPSA) is 71.8 Å². The van der Waals surface area contributed by atoms with Crippen LogP contribution in [0.3, 0.4) is 0 Å². The van der Waals surface area contributed by atoms with Gasteiger partial charge in [-0.1, -0.05) is 6.07 Å². The summed E-state index contributed by atoms with van der Waals surface area (Å²) in [5.74, 6) is 0. The molecular weight excluding hydrogens is 254 g/mol. The number of nitrogens with one attached hydrogen (secondary N) is 2. The lowest BCUT2D eigenvalue weighted by Crippen LogP contribution is -2.24. The zero-order chi connectivity index (χ0) is 14.4. The highest BCUT2D eigenvalue weighted by molar-refractivity contribution is 5.38. The van der Waals surface area contributed by atoms with Crippen LogP contribution in [0.1, 0.15) is 11.1 Å². The first-order chi connectivity index (χ1) is 9.69. The Kier molecular flexibility index (Phi) is 4.84. The molecule has 0 bridgehead atoms. The molecule has 2 N–H and O–H groups in total. The van der Waals surface area contributed by atoms with E-state index < -0.39 is 0 Å². The average Bonchev–Trinajstić information content (AvgIpc) is 2.42. The van der Waals surface area contributed by atoms with E-state index in [1.165, 1.54) is 4.68 Å². The molecule has 20 heavy (non-hydrogen) atoms. The zero-order valence-corrected chi connectivity index (χ0v) is 11.8. The first-order valence-corrected chi connectivity index (χ1v) is 6.55. The maximum absolute atomic E-state index is 12.0. The number of rotatable bonds is 6. The molecule has 2 aromatic heterocycles. The van der Waals surface area contributed by atoms with Gasteiger partial charge in [-0.15, -0.1) is 0 Å². The Hall–Kier alpha value is -2.21. The number of likely N-dealkylation sites (N-methyl/N-ethyl adjacent to an activating group) is 1. The van der Waals surface area contributed by atoms with Crippen molar-refractivity contribution in [3.63, 3.8) is 0 Å². The molecule has 0 spiro atoms. The van der Waals surface area contributed by atoms with E-state index in [0.717, 1.165) is 29.9 Å². The highest BCUT2D eigenvalue weighted by Crippen LogP contribution is 2.03. The lowest BCUT2D eigenvalue weighted by atomic mass is 10.2. The van der Waals surface area contributed by atoms with Crippen molar-refractivity contribution >= 4 is 5.69 Å². The first-order valence-electron chi connectivity index (χ1n) is 6.55. The molecule has 0 amide bonds. The smallest absolute Gasteiger partial charge is 0.269 e. The van der Waals surface area contributed by atoms with Crippen molar-refractivity contribution in [3.8, 4) is 0 Å². The van der Waals surface area contributed by atoms with Gasteiger partial charge in [0.05, 0.1) is 18.4 Å². The molecule has 0 saturated heterocycles. The van der Waals surface area contributed by atoms with Gasteiger partial charge < -0.3 is 10.6 Å². The van der Waals surface area contributed by atoms with E-state index in [1.54, 1.807) is 24.7 Å². The van der Waals surface area contributed by atoms with E-state index >= 15 is 0 Å². The second kappa shape index (κ2) is 6.81. The molecule has 0 aliphatic carbocycles. The van der Waals surface area contributed by atoms with Gasteiger partial charge in [0.25, 0.3) is 5.56 Å². The quantitative estimate of drug-likeness (QED) is 0.755. The van der Waals surface area contributed by atoms with Crippen molar-refractivity contribution in [2.75, 3.05) is 25.5 Å². The van der Waals surface area contributed by atoms with Crippen LogP contribution >= 0.6 is 0 Å². The number of pyridine rings is 1. The molecule has 0 atom stereocenters. The summed E-state index contributed by atoms with van der Waals surface area (Å²) in [5.41, 5.74) is 2.65. The molecule has 6 heteroatoms. The van der Waals surface area contributed by atoms with Gasteiger partial charge in [0.15, 0.2) is 0 Å². The minimum absolute atomic E-state index is 0.124. The summed E-state index contributed by atoms with van der Waals surface area (Å²) in [6.45, 7) is 3.99. The van der Waals surface area contributed by atoms with Gasteiger partial charge >= 0.3 is 0 Å². The Morgan fingerprint density at radius 3 is 2.75 bits per heavy atom. The van der Waals surface area contributed by atoms with E-state index in [-0.39, 0.29) is 5.56 Å². The number of aryl methyl sites for hydroxylation is 1. The maximum Gasteiger partial charge on any atom is 0.269 e. The van der Waals surface area contributed by atoms with Gasteiger partial charge in [-0.25, -0.2) is 4.68 Å². The fourth-order valence-corrected chi connectivity index (χ4v) is 1.86. The summed E-state index contributed by atoms with van der Waals surface area (Å²) in [6.07, 6.45) is 5.20. The summed E-state index contributed by atoms with van der Waals surface area (Å²) in [5, 5.41) is 10.3. The van der Waals surface area contributed by atoms with Gasteiger partial charge in [-0.2, -0.15) is 5.10 Å². The fraction of sp³-hybridized carbons (Fsp3) is 0.357. The third-order valence-corrected chi connectivity index (χ3v) is 2.84. The highest BCUT2D eigenvalue weighted by atomic mass is 16.1. The Morgan fingerprint density at radius 2 is 2.05 bits per heavy atom. The molecule has 0 saturated carbocycles. The van der Waals surface area contributed by atoms with Gasteiger partial charge in [0.2, 0.25) is 0 Å². The van der Waals surface area contributed by atoms with Crippen LogP contribution in [0, 0.1) is 6.92 Å². The molecule has 0 unspecified atom stereocenters. The molecule has 0 aliphatic heterocycles. The first kappa shape index (κ1) is 14.2. The van der Waals surface area contributed by atoms with Crippen LogP contribution < -0.4 is 16.2 Å². The minimum Gasteiger partial charge on any atom is -0.382 e. The lowest BCUT2D eigenvalue weighted by Gasteiger charge is -2.08. The van der Waals surface area contributed by atoms with Crippen LogP contribution in [-0.4, -0.2) is 34.9 Å². The van der Waals surface area contributed by atoms with Crippen molar-refractivity contribution in [2.24, 2.45) is 0 Å². The maximum atomic E-state index is 12.0. The van der Waals surface area contributed by atoms with Crippen LogP contribution in [0.25, 0.3) is 0 Å². The van der Waals surface area contributed by atoms with E-state index in [0.29, 0.717) is 6.54 Å². The normalized spacial score (nSPS) is 10.5. The van der Waals surface area contributed by atoms with Gasteiger partial charge in [-0.3, -0.25) is 9.78 Å². The standard InChI is InChI=1S/C14H19N5O/c1-11-5-12(8-16-7-11)10-19-14(20)6-13(9-18-19)17-4-3-15-2/h5-9,15,17H,3-4,10H2,1-2H3. The van der Waals surface area contributed by atoms with Crippen LogP contribution in [0.5, 0.6) is 0 Å². The average molecular weight is 273 g/mol. The van der Waals surface area contributed by atoms with Crippen molar-refractivity contribution < 1.29 is 0 Å². The summed E-state index contributed by atoms with van der Waals surface area (Å²) >= 11 is 0. The summed E-state index contributed by atoms with van der Waals surface area (Å²) < 4.78 is 1.43. The van der Waals surface area contributed by atoms with Crippen LogP contribution in [-0.2, 0) is 6.54 Å². The van der Waals surface area contributed by atoms with E-state index in [2.05, 4.69) is 20.7 Å². The minimum atomic E-state index is -0.124. The van der Waals surface area contributed by atoms with Crippen molar-refractivity contribution in [2.45, 2.75) is 13.5 Å². The third-order valence-electron chi connectivity index (χ3n) is 2.84. The molecule has 0 fully saturated rings. The van der Waals surface area contributed by atoms with Crippen molar-refractivity contribution in [3.05, 3.63) is 52.2 Å². The van der Waals surface area contributed by atoms with E-state index in [4.69, 9.17) is 0 Å². The molecular formula is C14H19N5O. The number of hydrogen-bond acceptors (Lipinski definition) is 5. The molecule has 0 radical (unpaired) electrons. The van der Waals surface area contributed by atoms with Crippen LogP contribution in [0.15, 0.2) is 35.5 Å². The number of nitrogens with zero attached hydrogens (tertiary/aromatic N) is 3. The number of anilines is 1. The SMILES string of the molecule is CNCCNc1cnn(Cc2cncc(C)c2)c(=O)c1. The second-order valence-electron chi connectivity index (χ2n) is 4.64. The monoisotopic (exact) mass is 273 g/mol. The van der Waals surface area contributed by atoms with Gasteiger partial charge in [-0.05, 0) is 25.1 Å².